The largest absolute Gasteiger partial charge is 0.482 e. The maximum absolute atomic E-state index is 13.2. The number of anilines is 1. The van der Waals surface area contributed by atoms with Crippen molar-refractivity contribution in [2.45, 2.75) is 32.5 Å². The first-order chi connectivity index (χ1) is 17.6. The van der Waals surface area contributed by atoms with E-state index in [0.717, 1.165) is 10.5 Å². The number of amides is 3. The van der Waals surface area contributed by atoms with Gasteiger partial charge in [0.1, 0.15) is 18.2 Å². The van der Waals surface area contributed by atoms with Gasteiger partial charge in [-0.15, -0.1) is 0 Å². The zero-order valence-corrected chi connectivity index (χ0v) is 21.9. The molecule has 3 rings (SSSR count). The van der Waals surface area contributed by atoms with Crippen LogP contribution in [0.1, 0.15) is 19.4 Å². The molecule has 9 nitrogen and oxygen atoms in total. The second-order valence-electron chi connectivity index (χ2n) is 8.96. The summed E-state index contributed by atoms with van der Waals surface area (Å²) in [5, 5.41) is 0.272. The minimum absolute atomic E-state index is 0.0700. The molecule has 1 fully saturated rings. The molecule has 2 N–H and O–H groups in total. The number of piperazine rings is 1. The third-order valence-corrected chi connectivity index (χ3v) is 6.42. The van der Waals surface area contributed by atoms with Gasteiger partial charge in [0.05, 0.1) is 12.2 Å². The first-order valence-corrected chi connectivity index (χ1v) is 12.3. The Morgan fingerprint density at radius 1 is 1.05 bits per heavy atom. The number of carbonyl (C=O) groups is 3. The summed E-state index contributed by atoms with van der Waals surface area (Å²) in [5.74, 6) is -1.68. The van der Waals surface area contributed by atoms with Crippen LogP contribution in [0.2, 0.25) is 5.02 Å². The standard InChI is InChI=1S/C26H32ClFN4O5/c1-17-13-31(18(2)12-30(17)14-19-4-7-21(28)8-5-19)25(34)16-37-23-9-6-20(27)10-22(23)32(24(33)11-29)26(35)15-36-3/h4-10,17-18H,11-16,29H2,1-3H3/t17-,18+/m0/s1. The summed E-state index contributed by atoms with van der Waals surface area (Å²) in [6.07, 6.45) is 0. The number of nitrogens with zero attached hydrogens (tertiary/aromatic N) is 3. The molecule has 1 saturated heterocycles. The molecule has 0 radical (unpaired) electrons. The fourth-order valence-corrected chi connectivity index (χ4v) is 4.45. The molecular formula is C26H32ClFN4O5. The minimum Gasteiger partial charge on any atom is -0.482 e. The Hall–Kier alpha value is -3.05. The predicted molar refractivity (Wildman–Crippen MR) is 138 cm³/mol. The van der Waals surface area contributed by atoms with E-state index in [1.54, 1.807) is 17.0 Å². The monoisotopic (exact) mass is 534 g/mol. The summed E-state index contributed by atoms with van der Waals surface area (Å²) in [7, 11) is 1.33. The van der Waals surface area contributed by atoms with Crippen molar-refractivity contribution in [3.05, 3.63) is 58.9 Å². The molecule has 37 heavy (non-hydrogen) atoms. The van der Waals surface area contributed by atoms with Crippen LogP contribution in [0.25, 0.3) is 0 Å². The Labute approximate surface area is 220 Å². The lowest BCUT2D eigenvalue weighted by Crippen LogP contribution is -2.58. The Bertz CT molecular complexity index is 1120. The highest BCUT2D eigenvalue weighted by Gasteiger charge is 2.32. The van der Waals surface area contributed by atoms with E-state index in [4.69, 9.17) is 26.8 Å². The van der Waals surface area contributed by atoms with Gasteiger partial charge >= 0.3 is 0 Å². The van der Waals surface area contributed by atoms with Crippen LogP contribution in [0.15, 0.2) is 42.5 Å². The predicted octanol–water partition coefficient (Wildman–Crippen LogP) is 2.44. The summed E-state index contributed by atoms with van der Waals surface area (Å²) >= 11 is 6.12. The number of methoxy groups -OCH3 is 1. The van der Waals surface area contributed by atoms with Crippen molar-refractivity contribution in [1.29, 1.82) is 0 Å². The van der Waals surface area contributed by atoms with Crippen molar-refractivity contribution in [3.8, 4) is 5.75 Å². The van der Waals surface area contributed by atoms with Gasteiger partial charge in [-0.1, -0.05) is 23.7 Å². The van der Waals surface area contributed by atoms with Crippen molar-refractivity contribution >= 4 is 35.0 Å². The highest BCUT2D eigenvalue weighted by molar-refractivity contribution is 6.31. The summed E-state index contributed by atoms with van der Waals surface area (Å²) in [6.45, 7) is 4.70. The van der Waals surface area contributed by atoms with Gasteiger partial charge in [-0.2, -0.15) is 0 Å². The molecule has 2 atom stereocenters. The van der Waals surface area contributed by atoms with Crippen LogP contribution in [-0.2, 0) is 25.7 Å². The number of imide groups is 1. The van der Waals surface area contributed by atoms with Crippen LogP contribution in [-0.4, -0.2) is 79.6 Å². The normalized spacial score (nSPS) is 17.9. The van der Waals surface area contributed by atoms with Crippen LogP contribution in [0, 0.1) is 5.82 Å². The van der Waals surface area contributed by atoms with Gasteiger partial charge < -0.3 is 20.1 Å². The molecule has 0 bridgehead atoms. The molecule has 0 spiro atoms. The van der Waals surface area contributed by atoms with Crippen LogP contribution in [0.3, 0.4) is 0 Å². The first kappa shape index (κ1) is 28.5. The van der Waals surface area contributed by atoms with E-state index in [1.807, 2.05) is 13.8 Å². The number of rotatable bonds is 9. The summed E-state index contributed by atoms with van der Waals surface area (Å²) in [4.78, 5) is 43.0. The second kappa shape index (κ2) is 13.0. The van der Waals surface area contributed by atoms with Gasteiger partial charge in [0.15, 0.2) is 6.61 Å². The van der Waals surface area contributed by atoms with E-state index in [9.17, 15) is 18.8 Å². The lowest BCUT2D eigenvalue weighted by molar-refractivity contribution is -0.139. The third-order valence-electron chi connectivity index (χ3n) is 6.19. The molecule has 2 aromatic carbocycles. The van der Waals surface area contributed by atoms with E-state index in [1.165, 1.54) is 37.4 Å². The molecule has 0 saturated carbocycles. The van der Waals surface area contributed by atoms with Gasteiger partial charge in [0.25, 0.3) is 11.8 Å². The summed E-state index contributed by atoms with van der Waals surface area (Å²) in [5.41, 5.74) is 6.59. The molecule has 11 heteroatoms. The minimum atomic E-state index is -0.666. The topological polar surface area (TPSA) is 105 Å². The number of nitrogens with two attached hydrogens (primary N) is 1. The van der Waals surface area contributed by atoms with E-state index >= 15 is 0 Å². The number of ether oxygens (including phenoxy) is 2. The summed E-state index contributed by atoms with van der Waals surface area (Å²) < 4.78 is 23.9. The lowest BCUT2D eigenvalue weighted by atomic mass is 10.1. The number of benzene rings is 2. The van der Waals surface area contributed by atoms with Gasteiger partial charge in [-0.3, -0.25) is 19.3 Å². The van der Waals surface area contributed by atoms with Crippen molar-refractivity contribution in [2.75, 3.05) is 44.9 Å². The van der Waals surface area contributed by atoms with E-state index in [0.29, 0.717) is 19.6 Å². The number of hydrogen-bond donors (Lipinski definition) is 1. The third kappa shape index (κ3) is 7.26. The molecule has 3 amide bonds. The number of carbonyl (C=O) groups excluding carboxylic acids is 3. The molecule has 0 aliphatic carbocycles. The van der Waals surface area contributed by atoms with Gasteiger partial charge in [0, 0.05) is 43.9 Å². The van der Waals surface area contributed by atoms with E-state index in [2.05, 4.69) is 4.90 Å². The Morgan fingerprint density at radius 2 is 1.76 bits per heavy atom. The van der Waals surface area contributed by atoms with E-state index in [-0.39, 0.29) is 53.5 Å². The van der Waals surface area contributed by atoms with Gasteiger partial charge in [0.2, 0.25) is 5.91 Å². The van der Waals surface area contributed by atoms with E-state index < -0.39 is 18.4 Å². The zero-order valence-electron chi connectivity index (χ0n) is 21.2. The second-order valence-corrected chi connectivity index (χ2v) is 9.40. The molecule has 1 aliphatic rings. The van der Waals surface area contributed by atoms with Crippen molar-refractivity contribution in [3.63, 3.8) is 0 Å². The van der Waals surface area contributed by atoms with Crippen LogP contribution in [0.5, 0.6) is 5.75 Å². The van der Waals surface area contributed by atoms with Crippen LogP contribution < -0.4 is 15.4 Å². The van der Waals surface area contributed by atoms with Gasteiger partial charge in [-0.05, 0) is 49.7 Å². The Kier molecular flexibility index (Phi) is 9.99. The molecule has 0 unspecified atom stereocenters. The lowest BCUT2D eigenvalue weighted by Gasteiger charge is -2.44. The molecular weight excluding hydrogens is 503 g/mol. The average Bonchev–Trinajstić information content (AvgIpc) is 2.86. The fraction of sp³-hybridized carbons (Fsp3) is 0.423. The van der Waals surface area contributed by atoms with Crippen LogP contribution >= 0.6 is 11.6 Å². The Balaban J connectivity index is 1.69. The number of halogens is 2. The maximum atomic E-state index is 13.2. The highest BCUT2D eigenvalue weighted by atomic mass is 35.5. The molecule has 1 heterocycles. The molecule has 0 aromatic heterocycles. The zero-order chi connectivity index (χ0) is 27.1. The maximum Gasteiger partial charge on any atom is 0.260 e. The average molecular weight is 535 g/mol. The molecule has 1 aliphatic heterocycles. The highest BCUT2D eigenvalue weighted by Crippen LogP contribution is 2.32. The smallest absolute Gasteiger partial charge is 0.260 e. The van der Waals surface area contributed by atoms with Crippen molar-refractivity contribution < 1.29 is 28.2 Å². The fourth-order valence-electron chi connectivity index (χ4n) is 4.29. The van der Waals surface area contributed by atoms with Crippen LogP contribution in [0.4, 0.5) is 10.1 Å². The quantitative estimate of drug-likeness (QED) is 0.527. The summed E-state index contributed by atoms with van der Waals surface area (Å²) in [6, 6.07) is 10.8. The SMILES string of the molecule is COCC(=O)N(C(=O)CN)c1cc(Cl)ccc1OCC(=O)N1C[C@H](C)N(Cc2ccc(F)cc2)C[C@H]1C. The molecule has 2 aromatic rings. The molecule has 200 valence electrons. The van der Waals surface area contributed by atoms with Gasteiger partial charge in [-0.25, -0.2) is 9.29 Å². The van der Waals surface area contributed by atoms with Crippen molar-refractivity contribution in [1.82, 2.24) is 9.80 Å². The van der Waals surface area contributed by atoms with Crippen molar-refractivity contribution in [2.24, 2.45) is 5.73 Å². The Morgan fingerprint density at radius 3 is 2.41 bits per heavy atom. The number of hydrogen-bond acceptors (Lipinski definition) is 7. The first-order valence-electron chi connectivity index (χ1n) is 11.9.